The number of aromatic amines is 1. The lowest BCUT2D eigenvalue weighted by atomic mass is 10.1. The minimum Gasteiger partial charge on any atom is -0.489 e. The lowest BCUT2D eigenvalue weighted by Gasteiger charge is -2.08. The van der Waals surface area contributed by atoms with Gasteiger partial charge in [-0.15, -0.1) is 0 Å². The van der Waals surface area contributed by atoms with Crippen molar-refractivity contribution >= 4 is 21.8 Å². The molecular weight excluding hydrogens is 276 g/mol. The molecule has 2 aromatic carbocycles. The summed E-state index contributed by atoms with van der Waals surface area (Å²) in [6.07, 6.45) is 3.22. The zero-order valence-electron chi connectivity index (χ0n) is 12.3. The standard InChI is InChI=1S/C17H16N4O/c1-12-8-14-13-4-2-3-5-15(13)20-17(14)16(9-12)22-7-6-21-11-18-10-19-21/h2-5,8-11,20H,6-7H2,1H3. The van der Waals surface area contributed by atoms with Crippen molar-refractivity contribution in [1.82, 2.24) is 19.7 Å². The van der Waals surface area contributed by atoms with Gasteiger partial charge in [0.25, 0.3) is 0 Å². The molecule has 0 aliphatic carbocycles. The second-order valence-corrected chi connectivity index (χ2v) is 5.36. The van der Waals surface area contributed by atoms with Gasteiger partial charge in [0.2, 0.25) is 0 Å². The summed E-state index contributed by atoms with van der Waals surface area (Å²) in [5.41, 5.74) is 3.36. The van der Waals surface area contributed by atoms with Gasteiger partial charge in [0, 0.05) is 16.3 Å². The third-order valence-electron chi connectivity index (χ3n) is 3.77. The Morgan fingerprint density at radius 1 is 1.18 bits per heavy atom. The fraction of sp³-hybridized carbons (Fsp3) is 0.176. The van der Waals surface area contributed by atoms with Crippen LogP contribution in [0.1, 0.15) is 5.56 Å². The van der Waals surface area contributed by atoms with Crippen molar-refractivity contribution in [3.8, 4) is 5.75 Å². The molecule has 0 aliphatic rings. The molecule has 0 radical (unpaired) electrons. The van der Waals surface area contributed by atoms with Crippen molar-refractivity contribution in [3.05, 3.63) is 54.6 Å². The second kappa shape index (κ2) is 5.18. The van der Waals surface area contributed by atoms with Gasteiger partial charge in [0.1, 0.15) is 25.0 Å². The molecule has 5 heteroatoms. The highest BCUT2D eigenvalue weighted by Gasteiger charge is 2.10. The molecule has 1 N–H and O–H groups in total. The first-order valence-electron chi connectivity index (χ1n) is 7.27. The van der Waals surface area contributed by atoms with E-state index >= 15 is 0 Å². The van der Waals surface area contributed by atoms with Gasteiger partial charge >= 0.3 is 0 Å². The number of aryl methyl sites for hydroxylation is 1. The molecule has 5 nitrogen and oxygen atoms in total. The van der Waals surface area contributed by atoms with Gasteiger partial charge < -0.3 is 9.72 Å². The van der Waals surface area contributed by atoms with Gasteiger partial charge in [-0.2, -0.15) is 5.10 Å². The first kappa shape index (κ1) is 12.9. The average molecular weight is 292 g/mol. The molecule has 0 aliphatic heterocycles. The molecule has 0 atom stereocenters. The number of H-pyrrole nitrogens is 1. The fourth-order valence-corrected chi connectivity index (χ4v) is 2.77. The van der Waals surface area contributed by atoms with E-state index in [9.17, 15) is 0 Å². The predicted octanol–water partition coefficient (Wildman–Crippen LogP) is 3.30. The Hall–Kier alpha value is -2.82. The minimum absolute atomic E-state index is 0.553. The molecule has 0 saturated carbocycles. The summed E-state index contributed by atoms with van der Waals surface area (Å²) in [4.78, 5) is 7.39. The molecule has 0 fully saturated rings. The number of rotatable bonds is 4. The van der Waals surface area contributed by atoms with Gasteiger partial charge in [-0.3, -0.25) is 0 Å². The van der Waals surface area contributed by atoms with Crippen molar-refractivity contribution in [2.75, 3.05) is 6.61 Å². The van der Waals surface area contributed by atoms with Gasteiger partial charge in [-0.25, -0.2) is 9.67 Å². The van der Waals surface area contributed by atoms with Gasteiger partial charge in [0.15, 0.2) is 0 Å². The van der Waals surface area contributed by atoms with Crippen LogP contribution in [0.4, 0.5) is 0 Å². The Labute approximate surface area is 127 Å². The van der Waals surface area contributed by atoms with E-state index in [1.165, 1.54) is 22.7 Å². The Balaban J connectivity index is 1.70. The van der Waals surface area contributed by atoms with Crippen LogP contribution in [0.15, 0.2) is 49.1 Å². The Kier molecular flexibility index (Phi) is 3.04. The Bertz CT molecular complexity index is 925. The summed E-state index contributed by atoms with van der Waals surface area (Å²) in [6, 6.07) is 12.6. The first-order valence-corrected chi connectivity index (χ1v) is 7.27. The van der Waals surface area contributed by atoms with Crippen LogP contribution in [0.3, 0.4) is 0 Å². The van der Waals surface area contributed by atoms with Crippen molar-refractivity contribution in [3.63, 3.8) is 0 Å². The second-order valence-electron chi connectivity index (χ2n) is 5.36. The molecule has 110 valence electrons. The van der Waals surface area contributed by atoms with Gasteiger partial charge in [-0.1, -0.05) is 18.2 Å². The highest BCUT2D eigenvalue weighted by molar-refractivity contribution is 6.09. The van der Waals surface area contributed by atoms with E-state index in [1.807, 2.05) is 6.07 Å². The van der Waals surface area contributed by atoms with Crippen LogP contribution in [0.2, 0.25) is 0 Å². The van der Waals surface area contributed by atoms with E-state index in [-0.39, 0.29) is 0 Å². The van der Waals surface area contributed by atoms with E-state index in [1.54, 1.807) is 11.0 Å². The third-order valence-corrected chi connectivity index (χ3v) is 3.77. The third kappa shape index (κ3) is 2.20. The highest BCUT2D eigenvalue weighted by atomic mass is 16.5. The van der Waals surface area contributed by atoms with Crippen molar-refractivity contribution < 1.29 is 4.74 Å². The molecule has 0 saturated heterocycles. The monoisotopic (exact) mass is 292 g/mol. The van der Waals surface area contributed by atoms with Crippen molar-refractivity contribution in [2.45, 2.75) is 13.5 Å². The summed E-state index contributed by atoms with van der Waals surface area (Å²) in [5.74, 6) is 0.881. The number of aromatic nitrogens is 4. The molecule has 0 spiro atoms. The van der Waals surface area contributed by atoms with E-state index in [2.05, 4.69) is 52.3 Å². The van der Waals surface area contributed by atoms with Crippen LogP contribution in [0, 0.1) is 6.92 Å². The van der Waals surface area contributed by atoms with E-state index in [4.69, 9.17) is 4.74 Å². The molecule has 22 heavy (non-hydrogen) atoms. The zero-order valence-corrected chi connectivity index (χ0v) is 12.3. The maximum Gasteiger partial charge on any atom is 0.143 e. The molecule has 4 aromatic rings. The maximum atomic E-state index is 5.98. The number of benzene rings is 2. The van der Waals surface area contributed by atoms with Crippen LogP contribution in [0.25, 0.3) is 21.8 Å². The highest BCUT2D eigenvalue weighted by Crippen LogP contribution is 2.32. The predicted molar refractivity (Wildman–Crippen MR) is 86.1 cm³/mol. The number of hydrogen-bond donors (Lipinski definition) is 1. The lowest BCUT2D eigenvalue weighted by molar-refractivity contribution is 0.293. The summed E-state index contributed by atoms with van der Waals surface area (Å²) in [6.45, 7) is 3.32. The molecular formula is C17H16N4O. The molecule has 2 aromatic heterocycles. The SMILES string of the molecule is Cc1cc(OCCn2cncn2)c2[nH]c3ccccc3c2c1. The summed E-state index contributed by atoms with van der Waals surface area (Å²) >= 11 is 0. The van der Waals surface area contributed by atoms with E-state index < -0.39 is 0 Å². The quantitative estimate of drug-likeness (QED) is 0.628. The number of nitrogens with one attached hydrogen (secondary N) is 1. The molecule has 0 unspecified atom stereocenters. The molecule has 2 heterocycles. The van der Waals surface area contributed by atoms with Crippen molar-refractivity contribution in [1.29, 1.82) is 0 Å². The van der Waals surface area contributed by atoms with Crippen LogP contribution in [0.5, 0.6) is 5.75 Å². The number of nitrogens with zero attached hydrogens (tertiary/aromatic N) is 3. The van der Waals surface area contributed by atoms with Crippen LogP contribution in [-0.4, -0.2) is 26.4 Å². The first-order chi connectivity index (χ1) is 10.8. The maximum absolute atomic E-state index is 5.98. The largest absolute Gasteiger partial charge is 0.489 e. The molecule has 0 amide bonds. The minimum atomic E-state index is 0.553. The zero-order chi connectivity index (χ0) is 14.9. The number of hydrogen-bond acceptors (Lipinski definition) is 3. The Morgan fingerprint density at radius 3 is 2.95 bits per heavy atom. The van der Waals surface area contributed by atoms with Gasteiger partial charge in [0.05, 0.1) is 12.1 Å². The molecule has 0 bridgehead atoms. The lowest BCUT2D eigenvalue weighted by Crippen LogP contribution is -2.08. The number of fused-ring (bicyclic) bond motifs is 3. The van der Waals surface area contributed by atoms with E-state index in [0.29, 0.717) is 13.2 Å². The van der Waals surface area contributed by atoms with Crippen LogP contribution < -0.4 is 4.74 Å². The summed E-state index contributed by atoms with van der Waals surface area (Å²) in [7, 11) is 0. The summed E-state index contributed by atoms with van der Waals surface area (Å²) < 4.78 is 7.75. The number of para-hydroxylation sites is 1. The topological polar surface area (TPSA) is 55.7 Å². The number of ether oxygens (including phenoxy) is 1. The van der Waals surface area contributed by atoms with E-state index in [0.717, 1.165) is 16.8 Å². The summed E-state index contributed by atoms with van der Waals surface area (Å²) in [5, 5.41) is 6.50. The normalized spacial score (nSPS) is 11.3. The Morgan fingerprint density at radius 2 is 2.09 bits per heavy atom. The average Bonchev–Trinajstić information content (AvgIpc) is 3.15. The van der Waals surface area contributed by atoms with Crippen molar-refractivity contribution in [2.24, 2.45) is 0 Å². The smallest absolute Gasteiger partial charge is 0.143 e. The van der Waals surface area contributed by atoms with Crippen LogP contribution >= 0.6 is 0 Å². The van der Waals surface area contributed by atoms with Crippen LogP contribution in [-0.2, 0) is 6.54 Å². The van der Waals surface area contributed by atoms with Gasteiger partial charge in [-0.05, 0) is 30.7 Å². The molecule has 4 rings (SSSR count). The fourth-order valence-electron chi connectivity index (χ4n) is 2.77.